The van der Waals surface area contributed by atoms with Crippen molar-refractivity contribution in [3.8, 4) is 0 Å². The Balaban J connectivity index is 1.75. The molecule has 1 aliphatic carbocycles. The summed E-state index contributed by atoms with van der Waals surface area (Å²) in [5.74, 6) is 0.543. The fraction of sp³-hybridized carbons (Fsp3) is 0.786. The first-order chi connectivity index (χ1) is 8.60. The second-order valence-corrected chi connectivity index (χ2v) is 6.01. The maximum absolute atomic E-state index is 6.47. The Morgan fingerprint density at radius 2 is 2.33 bits per heavy atom. The van der Waals surface area contributed by atoms with Gasteiger partial charge < -0.3 is 10.5 Å². The highest BCUT2D eigenvalue weighted by Gasteiger charge is 2.44. The topological polar surface area (TPSA) is 53.1 Å². The summed E-state index contributed by atoms with van der Waals surface area (Å²) in [5.41, 5.74) is 8.93. The Labute approximate surface area is 108 Å². The van der Waals surface area contributed by atoms with Crippen LogP contribution >= 0.6 is 0 Å². The number of nitrogens with two attached hydrogens (primary N) is 1. The van der Waals surface area contributed by atoms with Crippen LogP contribution in [-0.2, 0) is 11.8 Å². The minimum absolute atomic E-state index is 0.111. The molecule has 0 bridgehead atoms. The van der Waals surface area contributed by atoms with Gasteiger partial charge in [-0.15, -0.1) is 0 Å². The van der Waals surface area contributed by atoms with Gasteiger partial charge in [0.2, 0.25) is 0 Å². The molecule has 0 amide bonds. The van der Waals surface area contributed by atoms with Gasteiger partial charge in [-0.1, -0.05) is 0 Å². The quantitative estimate of drug-likeness (QED) is 0.873. The van der Waals surface area contributed by atoms with Crippen molar-refractivity contribution in [1.29, 1.82) is 0 Å². The van der Waals surface area contributed by atoms with E-state index in [2.05, 4.69) is 11.3 Å². The van der Waals surface area contributed by atoms with E-state index in [4.69, 9.17) is 10.5 Å². The van der Waals surface area contributed by atoms with Crippen LogP contribution in [-0.4, -0.2) is 22.0 Å². The van der Waals surface area contributed by atoms with Crippen LogP contribution in [0.3, 0.4) is 0 Å². The summed E-state index contributed by atoms with van der Waals surface area (Å²) in [5, 5.41) is 4.40. The molecule has 2 N–H and O–H groups in total. The average molecular weight is 249 g/mol. The average Bonchev–Trinajstić information content (AvgIpc) is 2.66. The van der Waals surface area contributed by atoms with Crippen LogP contribution in [0, 0.1) is 12.8 Å². The van der Waals surface area contributed by atoms with Gasteiger partial charge in [-0.2, -0.15) is 5.10 Å². The number of hydrogen-bond acceptors (Lipinski definition) is 3. The first kappa shape index (κ1) is 12.2. The Morgan fingerprint density at radius 3 is 2.89 bits per heavy atom. The summed E-state index contributed by atoms with van der Waals surface area (Å²) >= 11 is 0. The number of aromatic nitrogens is 2. The predicted molar refractivity (Wildman–Crippen MR) is 70.1 cm³/mol. The molecule has 1 saturated carbocycles. The summed E-state index contributed by atoms with van der Waals surface area (Å²) < 4.78 is 7.84. The lowest BCUT2D eigenvalue weighted by Crippen LogP contribution is -2.47. The maximum atomic E-state index is 6.47. The van der Waals surface area contributed by atoms with Gasteiger partial charge in [-0.3, -0.25) is 4.68 Å². The SMILES string of the molecule is Cc1nn(C)cc1C(N)C1CCOC2(CCC2)C1. The monoisotopic (exact) mass is 249 g/mol. The molecule has 3 rings (SSSR count). The summed E-state index contributed by atoms with van der Waals surface area (Å²) in [4.78, 5) is 0. The molecule has 4 heteroatoms. The van der Waals surface area contributed by atoms with E-state index < -0.39 is 0 Å². The van der Waals surface area contributed by atoms with Crippen LogP contribution in [0.4, 0.5) is 0 Å². The van der Waals surface area contributed by atoms with Gasteiger partial charge in [0.25, 0.3) is 0 Å². The first-order valence-corrected chi connectivity index (χ1v) is 6.99. The molecule has 1 aliphatic heterocycles. The molecule has 100 valence electrons. The zero-order valence-electron chi connectivity index (χ0n) is 11.4. The third-order valence-corrected chi connectivity index (χ3v) is 4.71. The molecule has 1 aromatic heterocycles. The van der Waals surface area contributed by atoms with E-state index in [1.165, 1.54) is 24.8 Å². The van der Waals surface area contributed by atoms with Crippen LogP contribution < -0.4 is 5.73 Å². The minimum Gasteiger partial charge on any atom is -0.375 e. The molecule has 2 unspecified atom stereocenters. The normalized spacial score (nSPS) is 28.1. The van der Waals surface area contributed by atoms with Crippen molar-refractivity contribution in [2.75, 3.05) is 6.61 Å². The Bertz CT molecular complexity index is 436. The molecule has 1 aromatic rings. The highest BCUT2D eigenvalue weighted by Crippen LogP contribution is 2.46. The van der Waals surface area contributed by atoms with Crippen LogP contribution in [0.2, 0.25) is 0 Å². The second-order valence-electron chi connectivity index (χ2n) is 6.01. The third kappa shape index (κ3) is 1.97. The lowest BCUT2D eigenvalue weighted by atomic mass is 9.70. The predicted octanol–water partition coefficient (Wildman–Crippen LogP) is 2.08. The van der Waals surface area contributed by atoms with E-state index >= 15 is 0 Å². The Kier molecular flexibility index (Phi) is 2.94. The maximum Gasteiger partial charge on any atom is 0.0686 e. The Hall–Kier alpha value is -0.870. The van der Waals surface area contributed by atoms with Crippen molar-refractivity contribution in [3.05, 3.63) is 17.5 Å². The zero-order valence-corrected chi connectivity index (χ0v) is 11.4. The number of ether oxygens (including phenoxy) is 1. The largest absolute Gasteiger partial charge is 0.375 e. The molecule has 1 saturated heterocycles. The zero-order chi connectivity index (χ0) is 12.8. The van der Waals surface area contributed by atoms with Crippen molar-refractivity contribution < 1.29 is 4.74 Å². The third-order valence-electron chi connectivity index (χ3n) is 4.71. The molecule has 2 atom stereocenters. The van der Waals surface area contributed by atoms with Gasteiger partial charge in [0.05, 0.1) is 11.3 Å². The van der Waals surface area contributed by atoms with Crippen molar-refractivity contribution in [1.82, 2.24) is 9.78 Å². The van der Waals surface area contributed by atoms with Crippen molar-refractivity contribution in [2.45, 2.75) is 50.7 Å². The molecule has 4 nitrogen and oxygen atoms in total. The Morgan fingerprint density at radius 1 is 1.56 bits per heavy atom. The number of nitrogens with zero attached hydrogens (tertiary/aromatic N) is 2. The fourth-order valence-corrected chi connectivity index (χ4v) is 3.49. The first-order valence-electron chi connectivity index (χ1n) is 6.99. The van der Waals surface area contributed by atoms with E-state index in [-0.39, 0.29) is 11.6 Å². The fourth-order valence-electron chi connectivity index (χ4n) is 3.49. The minimum atomic E-state index is 0.111. The van der Waals surface area contributed by atoms with Gasteiger partial charge in [0.15, 0.2) is 0 Å². The summed E-state index contributed by atoms with van der Waals surface area (Å²) in [6.45, 7) is 2.92. The smallest absolute Gasteiger partial charge is 0.0686 e. The molecule has 18 heavy (non-hydrogen) atoms. The van der Waals surface area contributed by atoms with Crippen molar-refractivity contribution in [3.63, 3.8) is 0 Å². The van der Waals surface area contributed by atoms with E-state index in [0.29, 0.717) is 5.92 Å². The molecule has 2 fully saturated rings. The van der Waals surface area contributed by atoms with Crippen LogP contribution in [0.25, 0.3) is 0 Å². The molecule has 2 aliphatic rings. The van der Waals surface area contributed by atoms with Crippen molar-refractivity contribution >= 4 is 0 Å². The lowest BCUT2D eigenvalue weighted by molar-refractivity contribution is -0.146. The molecule has 0 radical (unpaired) electrons. The van der Waals surface area contributed by atoms with Gasteiger partial charge in [0.1, 0.15) is 0 Å². The summed E-state index contributed by atoms with van der Waals surface area (Å²) in [6.07, 6.45) is 8.04. The van der Waals surface area contributed by atoms with Gasteiger partial charge in [-0.25, -0.2) is 0 Å². The van der Waals surface area contributed by atoms with Crippen LogP contribution in [0.1, 0.15) is 49.4 Å². The van der Waals surface area contributed by atoms with E-state index in [0.717, 1.165) is 25.1 Å². The molecular weight excluding hydrogens is 226 g/mol. The van der Waals surface area contributed by atoms with Gasteiger partial charge in [-0.05, 0) is 44.9 Å². The number of rotatable bonds is 2. The second kappa shape index (κ2) is 4.35. The van der Waals surface area contributed by atoms with Crippen LogP contribution in [0.15, 0.2) is 6.20 Å². The standard InChI is InChI=1S/C14H23N3O/c1-10-12(9-17(2)16-10)13(15)11-4-7-18-14(8-11)5-3-6-14/h9,11,13H,3-8,15H2,1-2H3. The highest BCUT2D eigenvalue weighted by atomic mass is 16.5. The van der Waals surface area contributed by atoms with Crippen molar-refractivity contribution in [2.24, 2.45) is 18.7 Å². The molecular formula is C14H23N3O. The van der Waals surface area contributed by atoms with Crippen LogP contribution in [0.5, 0.6) is 0 Å². The lowest BCUT2D eigenvalue weighted by Gasteiger charge is -2.48. The highest BCUT2D eigenvalue weighted by molar-refractivity contribution is 5.21. The summed E-state index contributed by atoms with van der Waals surface area (Å²) in [6, 6.07) is 0.111. The molecule has 2 heterocycles. The molecule has 0 aromatic carbocycles. The van der Waals surface area contributed by atoms with E-state index in [9.17, 15) is 0 Å². The summed E-state index contributed by atoms with van der Waals surface area (Å²) in [7, 11) is 1.96. The van der Waals surface area contributed by atoms with E-state index in [1.54, 1.807) is 0 Å². The van der Waals surface area contributed by atoms with Gasteiger partial charge in [0, 0.05) is 31.5 Å². The number of hydrogen-bond donors (Lipinski definition) is 1. The van der Waals surface area contributed by atoms with E-state index in [1.807, 2.05) is 18.7 Å². The van der Waals surface area contributed by atoms with Gasteiger partial charge >= 0.3 is 0 Å². The molecule has 1 spiro atoms. The number of aryl methyl sites for hydroxylation is 2.